The molecule has 3 rings (SSSR count). The van der Waals surface area contributed by atoms with E-state index in [9.17, 15) is 9.18 Å². The lowest BCUT2D eigenvalue weighted by molar-refractivity contribution is -0.146. The number of aromatic amines is 1. The monoisotopic (exact) mass is 355 g/mol. The number of esters is 1. The van der Waals surface area contributed by atoms with E-state index in [-0.39, 0.29) is 12.4 Å². The van der Waals surface area contributed by atoms with E-state index in [1.165, 1.54) is 12.1 Å². The quantitative estimate of drug-likeness (QED) is 0.502. The molecule has 5 heteroatoms. The molecule has 136 valence electrons. The third-order valence-corrected chi connectivity index (χ3v) is 4.48. The normalized spacial score (nSPS) is 10.9. The second kappa shape index (κ2) is 8.04. The van der Waals surface area contributed by atoms with E-state index >= 15 is 0 Å². The summed E-state index contributed by atoms with van der Waals surface area (Å²) < 4.78 is 24.1. The third-order valence-electron chi connectivity index (χ3n) is 4.48. The molecule has 2 aromatic carbocycles. The van der Waals surface area contributed by atoms with Gasteiger partial charge in [0.05, 0.1) is 6.61 Å². The average Bonchev–Trinajstić information content (AvgIpc) is 3.02. The summed E-state index contributed by atoms with van der Waals surface area (Å²) >= 11 is 0. The summed E-state index contributed by atoms with van der Waals surface area (Å²) in [7, 11) is 0. The van der Waals surface area contributed by atoms with Crippen molar-refractivity contribution in [3.8, 4) is 5.75 Å². The van der Waals surface area contributed by atoms with Gasteiger partial charge in [-0.05, 0) is 67.6 Å². The first-order valence-electron chi connectivity index (χ1n) is 8.65. The van der Waals surface area contributed by atoms with Crippen molar-refractivity contribution in [2.75, 3.05) is 13.2 Å². The minimum absolute atomic E-state index is 0.109. The molecule has 4 nitrogen and oxygen atoms in total. The zero-order valence-corrected chi connectivity index (χ0v) is 15.0. The number of carbonyl (C=O) groups excluding carboxylic acids is 1. The number of rotatable bonds is 7. The molecule has 26 heavy (non-hydrogen) atoms. The van der Waals surface area contributed by atoms with Crippen LogP contribution in [0.25, 0.3) is 10.9 Å². The fraction of sp³-hybridized carbons (Fsp3) is 0.286. The fourth-order valence-corrected chi connectivity index (χ4v) is 2.86. The molecule has 1 heterocycles. The Labute approximate surface area is 151 Å². The Hall–Kier alpha value is -2.82. The van der Waals surface area contributed by atoms with Crippen molar-refractivity contribution < 1.29 is 18.7 Å². The Balaban J connectivity index is 1.43. The lowest BCUT2D eigenvalue weighted by Crippen LogP contribution is -2.16. The minimum Gasteiger partial charge on any atom is -0.482 e. The number of H-pyrrole nitrogens is 1. The van der Waals surface area contributed by atoms with Crippen LogP contribution in [-0.2, 0) is 16.0 Å². The van der Waals surface area contributed by atoms with Gasteiger partial charge in [-0.2, -0.15) is 0 Å². The number of hydrogen-bond donors (Lipinski definition) is 1. The third kappa shape index (κ3) is 4.23. The highest BCUT2D eigenvalue weighted by atomic mass is 19.1. The molecule has 0 aliphatic carbocycles. The van der Waals surface area contributed by atoms with E-state index in [1.807, 2.05) is 38.2 Å². The van der Waals surface area contributed by atoms with Crippen LogP contribution in [-0.4, -0.2) is 24.2 Å². The minimum atomic E-state index is -0.393. The van der Waals surface area contributed by atoms with Gasteiger partial charge in [0.1, 0.15) is 11.6 Å². The molecule has 0 amide bonds. The smallest absolute Gasteiger partial charge is 0.344 e. The van der Waals surface area contributed by atoms with Crippen LogP contribution < -0.4 is 4.74 Å². The number of carbonyl (C=O) groups is 1. The summed E-state index contributed by atoms with van der Waals surface area (Å²) in [6.07, 6.45) is 3.24. The Morgan fingerprint density at radius 1 is 1.19 bits per heavy atom. The van der Waals surface area contributed by atoms with Crippen molar-refractivity contribution in [2.24, 2.45) is 0 Å². The Morgan fingerprint density at radius 2 is 2.04 bits per heavy atom. The van der Waals surface area contributed by atoms with Crippen molar-refractivity contribution in [2.45, 2.75) is 26.7 Å². The first-order chi connectivity index (χ1) is 12.5. The van der Waals surface area contributed by atoms with Crippen LogP contribution in [0.15, 0.2) is 42.6 Å². The van der Waals surface area contributed by atoms with Crippen molar-refractivity contribution in [1.82, 2.24) is 4.98 Å². The fourth-order valence-electron chi connectivity index (χ4n) is 2.86. The summed E-state index contributed by atoms with van der Waals surface area (Å²) in [6, 6.07) is 10.4. The molecule has 0 spiro atoms. The van der Waals surface area contributed by atoms with Gasteiger partial charge in [-0.3, -0.25) is 0 Å². The molecule has 0 atom stereocenters. The van der Waals surface area contributed by atoms with Gasteiger partial charge in [-0.25, -0.2) is 9.18 Å². The van der Waals surface area contributed by atoms with Gasteiger partial charge < -0.3 is 14.5 Å². The predicted molar refractivity (Wildman–Crippen MR) is 98.9 cm³/mol. The van der Waals surface area contributed by atoms with E-state index in [1.54, 1.807) is 6.07 Å². The maximum absolute atomic E-state index is 13.4. The van der Waals surface area contributed by atoms with Gasteiger partial charge in [0.2, 0.25) is 0 Å². The molecule has 1 N–H and O–H groups in total. The Kier molecular flexibility index (Phi) is 5.56. The highest BCUT2D eigenvalue weighted by molar-refractivity contribution is 5.83. The van der Waals surface area contributed by atoms with Gasteiger partial charge in [-0.15, -0.1) is 0 Å². The number of ether oxygens (including phenoxy) is 2. The van der Waals surface area contributed by atoms with Gasteiger partial charge in [0.15, 0.2) is 6.61 Å². The second-order valence-electron chi connectivity index (χ2n) is 6.31. The molecule has 0 unspecified atom stereocenters. The van der Waals surface area contributed by atoms with E-state index in [4.69, 9.17) is 9.47 Å². The number of hydrogen-bond acceptors (Lipinski definition) is 3. The van der Waals surface area contributed by atoms with Gasteiger partial charge in [-0.1, -0.05) is 12.1 Å². The van der Waals surface area contributed by atoms with Crippen LogP contribution in [0.5, 0.6) is 5.75 Å². The van der Waals surface area contributed by atoms with Gasteiger partial charge >= 0.3 is 5.97 Å². The Bertz CT molecular complexity index is 917. The van der Waals surface area contributed by atoms with E-state index in [2.05, 4.69) is 4.98 Å². The van der Waals surface area contributed by atoms with Crippen molar-refractivity contribution >= 4 is 16.9 Å². The Morgan fingerprint density at radius 3 is 2.88 bits per heavy atom. The molecule has 0 radical (unpaired) electrons. The lowest BCUT2D eigenvalue weighted by Gasteiger charge is -2.10. The number of benzene rings is 2. The van der Waals surface area contributed by atoms with Gasteiger partial charge in [0, 0.05) is 17.1 Å². The molecular weight excluding hydrogens is 333 g/mol. The topological polar surface area (TPSA) is 51.3 Å². The molecule has 3 aromatic rings. The highest BCUT2D eigenvalue weighted by Crippen LogP contribution is 2.21. The molecular formula is C21H22FNO3. The lowest BCUT2D eigenvalue weighted by atomic mass is 10.1. The number of fused-ring (bicyclic) bond motifs is 1. The molecule has 0 saturated carbocycles. The summed E-state index contributed by atoms with van der Waals surface area (Å²) in [5.74, 6) is 0.0482. The van der Waals surface area contributed by atoms with Crippen LogP contribution in [0.2, 0.25) is 0 Å². The van der Waals surface area contributed by atoms with Crippen molar-refractivity contribution in [3.63, 3.8) is 0 Å². The first kappa shape index (κ1) is 18.0. The summed E-state index contributed by atoms with van der Waals surface area (Å²) in [4.78, 5) is 14.9. The number of halogens is 1. The molecule has 0 fully saturated rings. The second-order valence-corrected chi connectivity index (χ2v) is 6.31. The molecule has 0 aliphatic rings. The molecule has 0 aliphatic heterocycles. The largest absolute Gasteiger partial charge is 0.482 e. The number of nitrogens with one attached hydrogen (secondary N) is 1. The van der Waals surface area contributed by atoms with Crippen molar-refractivity contribution in [1.29, 1.82) is 0 Å². The summed E-state index contributed by atoms with van der Waals surface area (Å²) in [5, 5.41) is 0.870. The average molecular weight is 355 g/mol. The maximum atomic E-state index is 13.4. The predicted octanol–water partition coefficient (Wildman–Crippen LogP) is 4.48. The maximum Gasteiger partial charge on any atom is 0.344 e. The van der Waals surface area contributed by atoms with Crippen LogP contribution in [0.1, 0.15) is 23.1 Å². The van der Waals surface area contributed by atoms with E-state index in [0.29, 0.717) is 25.2 Å². The molecule has 1 aromatic heterocycles. The van der Waals surface area contributed by atoms with Crippen LogP contribution in [0.4, 0.5) is 4.39 Å². The van der Waals surface area contributed by atoms with Crippen LogP contribution >= 0.6 is 0 Å². The molecule has 0 saturated heterocycles. The van der Waals surface area contributed by atoms with Gasteiger partial charge in [0.25, 0.3) is 0 Å². The highest BCUT2D eigenvalue weighted by Gasteiger charge is 2.08. The number of aromatic nitrogens is 1. The van der Waals surface area contributed by atoms with Crippen molar-refractivity contribution in [3.05, 3.63) is 65.1 Å². The van der Waals surface area contributed by atoms with Crippen LogP contribution in [0.3, 0.4) is 0 Å². The summed E-state index contributed by atoms with van der Waals surface area (Å²) in [6.45, 7) is 4.15. The standard InChI is InChI=1S/C21H22FNO3/c1-14-5-3-7-20(15(14)2)26-13-21(24)25-10-4-6-16-12-23-19-9-8-17(22)11-18(16)19/h3,5,7-9,11-12,23H,4,6,10,13H2,1-2H3. The molecule has 0 bridgehead atoms. The van der Waals surface area contributed by atoms with Crippen LogP contribution in [0, 0.1) is 19.7 Å². The van der Waals surface area contributed by atoms with E-state index in [0.717, 1.165) is 27.6 Å². The summed E-state index contributed by atoms with van der Waals surface area (Å²) in [5.41, 5.74) is 4.06. The zero-order valence-electron chi connectivity index (χ0n) is 15.0. The first-order valence-corrected chi connectivity index (χ1v) is 8.65. The SMILES string of the molecule is Cc1cccc(OCC(=O)OCCCc2c[nH]c3ccc(F)cc23)c1C. The zero-order chi connectivity index (χ0) is 18.5. The van der Waals surface area contributed by atoms with E-state index < -0.39 is 5.97 Å². The number of aryl methyl sites for hydroxylation is 2.